The van der Waals surface area contributed by atoms with Gasteiger partial charge in [0, 0.05) is 19.1 Å². The molecule has 8 heteroatoms. The van der Waals surface area contributed by atoms with Gasteiger partial charge in [0.25, 0.3) is 5.56 Å². The van der Waals surface area contributed by atoms with Crippen molar-refractivity contribution >= 4 is 29.6 Å². The number of pyridine rings is 2. The van der Waals surface area contributed by atoms with Crippen molar-refractivity contribution in [3.63, 3.8) is 0 Å². The zero-order chi connectivity index (χ0) is 18.6. The van der Waals surface area contributed by atoms with Crippen LogP contribution in [0, 0.1) is 12.7 Å². The van der Waals surface area contributed by atoms with Crippen LogP contribution in [0.3, 0.4) is 0 Å². The molecular formula is C19H23ClFN3O3. The van der Waals surface area contributed by atoms with Gasteiger partial charge >= 0.3 is 5.97 Å². The molecule has 4 rings (SSSR count). The summed E-state index contributed by atoms with van der Waals surface area (Å²) < 4.78 is 16.1. The molecule has 146 valence electrons. The molecule has 0 spiro atoms. The summed E-state index contributed by atoms with van der Waals surface area (Å²) in [4.78, 5) is 26.0. The van der Waals surface area contributed by atoms with Gasteiger partial charge in [-0.2, -0.15) is 0 Å². The minimum atomic E-state index is -1.28. The number of fused-ring (bicyclic) bond motifs is 1. The summed E-state index contributed by atoms with van der Waals surface area (Å²) in [5.41, 5.74) is 7.66. The minimum Gasteiger partial charge on any atom is -0.477 e. The van der Waals surface area contributed by atoms with E-state index in [2.05, 4.69) is 0 Å². The third-order valence-electron chi connectivity index (χ3n) is 5.46. The van der Waals surface area contributed by atoms with Crippen LogP contribution in [0.4, 0.5) is 10.1 Å². The number of carbonyl (C=O) groups is 1. The molecule has 1 saturated heterocycles. The van der Waals surface area contributed by atoms with Crippen LogP contribution in [0.15, 0.2) is 17.1 Å². The normalized spacial score (nSPS) is 19.8. The second kappa shape index (κ2) is 7.13. The number of nitrogens with zero attached hydrogens (tertiary/aromatic N) is 2. The van der Waals surface area contributed by atoms with Gasteiger partial charge in [-0.25, -0.2) is 9.18 Å². The summed E-state index contributed by atoms with van der Waals surface area (Å²) in [5.74, 6) is -1.57. The molecule has 0 radical (unpaired) electrons. The molecule has 3 heterocycles. The molecule has 2 aromatic heterocycles. The van der Waals surface area contributed by atoms with E-state index < -0.39 is 17.3 Å². The number of halogens is 2. The van der Waals surface area contributed by atoms with E-state index in [1.165, 1.54) is 10.5 Å². The van der Waals surface area contributed by atoms with Crippen LogP contribution in [0.2, 0.25) is 0 Å². The fourth-order valence-electron chi connectivity index (χ4n) is 4.10. The van der Waals surface area contributed by atoms with Gasteiger partial charge < -0.3 is 15.7 Å². The van der Waals surface area contributed by atoms with Crippen molar-refractivity contribution in [2.45, 2.75) is 44.6 Å². The van der Waals surface area contributed by atoms with Crippen LogP contribution in [0.1, 0.15) is 53.1 Å². The molecule has 0 aromatic carbocycles. The van der Waals surface area contributed by atoms with Gasteiger partial charge in [-0.1, -0.05) is 0 Å². The largest absolute Gasteiger partial charge is 0.477 e. The molecule has 0 amide bonds. The number of aromatic carboxylic acids is 1. The Morgan fingerprint density at radius 1 is 1.33 bits per heavy atom. The molecule has 1 aliphatic heterocycles. The van der Waals surface area contributed by atoms with Gasteiger partial charge in [0.15, 0.2) is 5.82 Å². The smallest absolute Gasteiger partial charge is 0.341 e. The average molecular weight is 396 g/mol. The predicted molar refractivity (Wildman–Crippen MR) is 104 cm³/mol. The van der Waals surface area contributed by atoms with Crippen molar-refractivity contribution in [1.29, 1.82) is 0 Å². The first-order valence-electron chi connectivity index (χ1n) is 9.00. The highest BCUT2D eigenvalue weighted by atomic mass is 35.5. The summed E-state index contributed by atoms with van der Waals surface area (Å²) in [5, 5.41) is 9.35. The van der Waals surface area contributed by atoms with Gasteiger partial charge in [-0.3, -0.25) is 9.20 Å². The van der Waals surface area contributed by atoms with Crippen LogP contribution in [-0.2, 0) is 0 Å². The number of carboxylic acid groups (broad SMARTS) is 1. The lowest BCUT2D eigenvalue weighted by molar-refractivity contribution is 0.0694. The average Bonchev–Trinajstić information content (AvgIpc) is 3.40. The van der Waals surface area contributed by atoms with Crippen molar-refractivity contribution in [1.82, 2.24) is 4.40 Å². The monoisotopic (exact) mass is 395 g/mol. The molecule has 1 atom stereocenters. The highest BCUT2D eigenvalue weighted by molar-refractivity contribution is 5.89. The molecule has 3 N–H and O–H groups in total. The molecule has 1 saturated carbocycles. The van der Waals surface area contributed by atoms with Crippen molar-refractivity contribution < 1.29 is 14.3 Å². The second-order valence-electron chi connectivity index (χ2n) is 7.42. The van der Waals surface area contributed by atoms with Gasteiger partial charge in [0.2, 0.25) is 0 Å². The maximum absolute atomic E-state index is 15.0. The Balaban J connectivity index is 0.00000210. The van der Waals surface area contributed by atoms with Crippen LogP contribution in [0.25, 0.3) is 5.52 Å². The van der Waals surface area contributed by atoms with E-state index in [4.69, 9.17) is 5.73 Å². The van der Waals surface area contributed by atoms with Crippen molar-refractivity contribution in [3.05, 3.63) is 45.1 Å². The summed E-state index contributed by atoms with van der Waals surface area (Å²) >= 11 is 0. The Morgan fingerprint density at radius 3 is 2.63 bits per heavy atom. The molecule has 0 bridgehead atoms. The number of piperidine rings is 1. The summed E-state index contributed by atoms with van der Waals surface area (Å²) in [7, 11) is 0. The first kappa shape index (κ1) is 19.6. The number of hydrogen-bond donors (Lipinski definition) is 2. The lowest BCUT2D eigenvalue weighted by atomic mass is 10.00. The Kier molecular flexibility index (Phi) is 5.18. The fraction of sp³-hybridized carbons (Fsp3) is 0.474. The molecule has 2 aromatic rings. The van der Waals surface area contributed by atoms with E-state index in [1.54, 1.807) is 6.92 Å². The molecule has 27 heavy (non-hydrogen) atoms. The van der Waals surface area contributed by atoms with E-state index in [0.717, 1.165) is 44.0 Å². The van der Waals surface area contributed by atoms with Gasteiger partial charge in [0.1, 0.15) is 5.56 Å². The maximum atomic E-state index is 15.0. The third-order valence-corrected chi connectivity index (χ3v) is 5.46. The minimum absolute atomic E-state index is 0. The zero-order valence-electron chi connectivity index (χ0n) is 15.1. The fourth-order valence-corrected chi connectivity index (χ4v) is 4.10. The Morgan fingerprint density at radius 2 is 2.04 bits per heavy atom. The van der Waals surface area contributed by atoms with Gasteiger partial charge in [-0.05, 0) is 55.7 Å². The zero-order valence-corrected chi connectivity index (χ0v) is 15.9. The van der Waals surface area contributed by atoms with Crippen LogP contribution in [0.5, 0.6) is 0 Å². The third kappa shape index (κ3) is 3.30. The maximum Gasteiger partial charge on any atom is 0.341 e. The van der Waals surface area contributed by atoms with E-state index in [1.807, 2.05) is 4.90 Å². The first-order valence-corrected chi connectivity index (χ1v) is 9.00. The topological polar surface area (TPSA) is 88.0 Å². The van der Waals surface area contributed by atoms with E-state index in [0.29, 0.717) is 23.3 Å². The molecule has 2 fully saturated rings. The second-order valence-corrected chi connectivity index (χ2v) is 7.42. The number of anilines is 1. The number of hydrogen-bond acceptors (Lipinski definition) is 4. The molecular weight excluding hydrogens is 373 g/mol. The van der Waals surface area contributed by atoms with Gasteiger partial charge in [-0.15, -0.1) is 12.4 Å². The number of rotatable bonds is 3. The van der Waals surface area contributed by atoms with Crippen molar-refractivity contribution in [2.24, 2.45) is 5.73 Å². The Hall–Kier alpha value is -2.12. The highest BCUT2D eigenvalue weighted by Crippen LogP contribution is 2.44. The predicted octanol–water partition coefficient (Wildman–Crippen LogP) is 2.67. The SMILES string of the molecule is Cc1c(N2CCC[C@H](N)C2)c(F)cn2c(=O)c(C(=O)O)cc(C3CC3)c12.Cl. The summed E-state index contributed by atoms with van der Waals surface area (Å²) in [6.07, 6.45) is 4.85. The molecule has 1 aliphatic carbocycles. The van der Waals surface area contributed by atoms with Crippen LogP contribution in [-0.4, -0.2) is 34.6 Å². The Labute approximate surface area is 162 Å². The Bertz CT molecular complexity index is 971. The molecule has 0 unspecified atom stereocenters. The van der Waals surface area contributed by atoms with E-state index in [-0.39, 0.29) is 29.9 Å². The molecule has 2 aliphatic rings. The molecule has 6 nitrogen and oxygen atoms in total. The van der Waals surface area contributed by atoms with Crippen LogP contribution >= 0.6 is 12.4 Å². The number of aryl methyl sites for hydroxylation is 1. The first-order chi connectivity index (χ1) is 12.4. The number of aromatic nitrogens is 1. The van der Waals surface area contributed by atoms with E-state index >= 15 is 0 Å². The lowest BCUT2D eigenvalue weighted by Gasteiger charge is -2.34. The lowest BCUT2D eigenvalue weighted by Crippen LogP contribution is -2.43. The number of carboxylic acids is 1. The summed E-state index contributed by atoms with van der Waals surface area (Å²) in [6.45, 7) is 3.10. The van der Waals surface area contributed by atoms with E-state index in [9.17, 15) is 19.1 Å². The standard InChI is InChI=1S/C19H22FN3O3.ClH/c1-10-16-13(11-4-5-11)7-14(19(25)26)18(24)23(16)9-15(20)17(10)22-6-2-3-12(21)8-22;/h7,9,11-12H,2-6,8,21H2,1H3,(H,25,26);1H/t12-;/m0./s1. The van der Waals surface area contributed by atoms with Gasteiger partial charge in [0.05, 0.1) is 17.4 Å². The van der Waals surface area contributed by atoms with Crippen molar-refractivity contribution in [3.8, 4) is 0 Å². The number of nitrogens with two attached hydrogens (primary N) is 1. The van der Waals surface area contributed by atoms with Crippen LogP contribution < -0.4 is 16.2 Å². The highest BCUT2D eigenvalue weighted by Gasteiger charge is 2.31. The quantitative estimate of drug-likeness (QED) is 0.834. The summed E-state index contributed by atoms with van der Waals surface area (Å²) in [6, 6.07) is 1.48. The van der Waals surface area contributed by atoms with Crippen molar-refractivity contribution in [2.75, 3.05) is 18.0 Å².